The van der Waals surface area contributed by atoms with E-state index < -0.39 is 0 Å². The van der Waals surface area contributed by atoms with Crippen molar-refractivity contribution in [3.63, 3.8) is 0 Å². The quantitative estimate of drug-likeness (QED) is 0.816. The summed E-state index contributed by atoms with van der Waals surface area (Å²) >= 11 is 4.89. The Kier molecular flexibility index (Phi) is 2.84. The minimum absolute atomic E-state index is 0.0267. The Bertz CT molecular complexity index is 486. The number of rotatable bonds is 3. The molecule has 1 aromatic heterocycles. The van der Waals surface area contributed by atoms with Crippen LogP contribution >= 0.6 is 12.2 Å². The van der Waals surface area contributed by atoms with Crippen molar-refractivity contribution < 1.29 is 0 Å². The summed E-state index contributed by atoms with van der Waals surface area (Å²) in [6.45, 7) is 4.18. The molecule has 1 aliphatic carbocycles. The van der Waals surface area contributed by atoms with Crippen LogP contribution in [0.4, 0.5) is 0 Å². The van der Waals surface area contributed by atoms with Gasteiger partial charge in [0.05, 0.1) is 5.56 Å². The number of pyridine rings is 1. The molecule has 4 heteroatoms. The number of hydrogen-bond donors (Lipinski definition) is 1. The van der Waals surface area contributed by atoms with Crippen LogP contribution in [0.3, 0.4) is 0 Å². The average molecular weight is 236 g/mol. The first-order chi connectivity index (χ1) is 7.52. The summed E-state index contributed by atoms with van der Waals surface area (Å²) in [6.07, 6.45) is 2.17. The predicted molar refractivity (Wildman–Crippen MR) is 68.9 cm³/mol. The highest BCUT2D eigenvalue weighted by molar-refractivity contribution is 7.80. The first-order valence-electron chi connectivity index (χ1n) is 5.57. The van der Waals surface area contributed by atoms with Crippen LogP contribution in [0.2, 0.25) is 0 Å². The van der Waals surface area contributed by atoms with Crippen molar-refractivity contribution in [2.24, 2.45) is 5.73 Å². The van der Waals surface area contributed by atoms with E-state index in [0.29, 0.717) is 17.5 Å². The van der Waals surface area contributed by atoms with E-state index in [1.807, 2.05) is 10.6 Å². The summed E-state index contributed by atoms with van der Waals surface area (Å²) in [5, 5.41) is 0. The fourth-order valence-electron chi connectivity index (χ4n) is 1.93. The second kappa shape index (κ2) is 4.01. The van der Waals surface area contributed by atoms with Gasteiger partial charge < -0.3 is 10.3 Å². The van der Waals surface area contributed by atoms with Gasteiger partial charge in [-0.05, 0) is 30.9 Å². The van der Waals surface area contributed by atoms with Crippen molar-refractivity contribution in [1.29, 1.82) is 0 Å². The van der Waals surface area contributed by atoms with E-state index in [2.05, 4.69) is 13.8 Å². The molecular formula is C12H16N2OS. The lowest BCUT2D eigenvalue weighted by Gasteiger charge is -2.16. The molecule has 0 bridgehead atoms. The molecule has 2 rings (SSSR count). The van der Waals surface area contributed by atoms with E-state index in [1.54, 1.807) is 6.07 Å². The van der Waals surface area contributed by atoms with Crippen molar-refractivity contribution in [3.8, 4) is 0 Å². The third-order valence-corrected chi connectivity index (χ3v) is 3.14. The average Bonchev–Trinajstić information content (AvgIpc) is 2.99. The van der Waals surface area contributed by atoms with Crippen molar-refractivity contribution in [2.45, 2.75) is 38.6 Å². The molecule has 1 aliphatic rings. The molecule has 0 saturated heterocycles. The zero-order valence-electron chi connectivity index (χ0n) is 9.56. The molecule has 86 valence electrons. The number of nitrogens with zero attached hydrogens (tertiary/aromatic N) is 1. The summed E-state index contributed by atoms with van der Waals surface area (Å²) in [5.74, 6) is 0.341. The maximum Gasteiger partial charge on any atom is 0.261 e. The van der Waals surface area contributed by atoms with Crippen LogP contribution in [-0.2, 0) is 0 Å². The first kappa shape index (κ1) is 11.3. The Balaban J connectivity index is 2.63. The van der Waals surface area contributed by atoms with E-state index in [0.717, 1.165) is 18.5 Å². The maximum atomic E-state index is 12.2. The van der Waals surface area contributed by atoms with Gasteiger partial charge in [-0.3, -0.25) is 4.79 Å². The highest BCUT2D eigenvalue weighted by Crippen LogP contribution is 2.36. The second-order valence-electron chi connectivity index (χ2n) is 4.60. The molecule has 1 fully saturated rings. The normalized spacial score (nSPS) is 15.4. The third-order valence-electron chi connectivity index (χ3n) is 2.92. The molecule has 0 atom stereocenters. The zero-order chi connectivity index (χ0) is 11.9. The fraction of sp³-hybridized carbons (Fsp3) is 0.500. The van der Waals surface area contributed by atoms with Crippen LogP contribution < -0.4 is 11.3 Å². The highest BCUT2D eigenvalue weighted by atomic mass is 32.1. The minimum Gasteiger partial charge on any atom is -0.389 e. The molecule has 0 radical (unpaired) electrons. The van der Waals surface area contributed by atoms with Gasteiger partial charge in [-0.15, -0.1) is 0 Å². The Morgan fingerprint density at radius 2 is 2.12 bits per heavy atom. The molecule has 3 nitrogen and oxygen atoms in total. The van der Waals surface area contributed by atoms with Gasteiger partial charge in [0, 0.05) is 11.7 Å². The summed E-state index contributed by atoms with van der Waals surface area (Å²) in [6, 6.07) is 4.08. The SMILES string of the molecule is CC(C)c1ccc(C(N)=S)c(=O)n1C1CC1. The van der Waals surface area contributed by atoms with Crippen molar-refractivity contribution >= 4 is 17.2 Å². The van der Waals surface area contributed by atoms with Crippen molar-refractivity contribution in [2.75, 3.05) is 0 Å². The van der Waals surface area contributed by atoms with Crippen LogP contribution in [0.1, 0.15) is 49.9 Å². The maximum absolute atomic E-state index is 12.2. The van der Waals surface area contributed by atoms with Gasteiger partial charge in [0.1, 0.15) is 4.99 Å². The molecular weight excluding hydrogens is 220 g/mol. The highest BCUT2D eigenvalue weighted by Gasteiger charge is 2.28. The summed E-state index contributed by atoms with van der Waals surface area (Å²) in [5.41, 5.74) is 7.06. The lowest BCUT2D eigenvalue weighted by atomic mass is 10.1. The largest absolute Gasteiger partial charge is 0.389 e. The van der Waals surface area contributed by atoms with E-state index in [9.17, 15) is 4.79 Å². The molecule has 0 aliphatic heterocycles. The van der Waals surface area contributed by atoms with Crippen molar-refractivity contribution in [1.82, 2.24) is 4.57 Å². The smallest absolute Gasteiger partial charge is 0.261 e. The van der Waals surface area contributed by atoms with Gasteiger partial charge >= 0.3 is 0 Å². The molecule has 1 heterocycles. The van der Waals surface area contributed by atoms with Gasteiger partial charge in [-0.2, -0.15) is 0 Å². The third kappa shape index (κ3) is 1.89. The number of hydrogen-bond acceptors (Lipinski definition) is 2. The van der Waals surface area contributed by atoms with Gasteiger partial charge in [-0.25, -0.2) is 0 Å². The van der Waals surface area contributed by atoms with Crippen LogP contribution in [-0.4, -0.2) is 9.56 Å². The van der Waals surface area contributed by atoms with Crippen LogP contribution in [0.25, 0.3) is 0 Å². The topological polar surface area (TPSA) is 48.0 Å². The minimum atomic E-state index is -0.0267. The Labute approximate surface area is 100 Å². The fourth-order valence-corrected chi connectivity index (χ4v) is 2.09. The first-order valence-corrected chi connectivity index (χ1v) is 5.98. The molecule has 0 amide bonds. The van der Waals surface area contributed by atoms with Gasteiger partial charge in [0.15, 0.2) is 0 Å². The molecule has 0 unspecified atom stereocenters. The lowest BCUT2D eigenvalue weighted by Crippen LogP contribution is -2.30. The van der Waals surface area contributed by atoms with E-state index in [-0.39, 0.29) is 10.5 Å². The van der Waals surface area contributed by atoms with E-state index in [4.69, 9.17) is 18.0 Å². The van der Waals surface area contributed by atoms with Gasteiger partial charge in [-0.1, -0.05) is 26.1 Å². The second-order valence-corrected chi connectivity index (χ2v) is 5.04. The monoisotopic (exact) mass is 236 g/mol. The molecule has 1 saturated carbocycles. The summed E-state index contributed by atoms with van der Waals surface area (Å²) in [4.78, 5) is 12.4. The number of thiocarbonyl (C=S) groups is 1. The zero-order valence-corrected chi connectivity index (χ0v) is 10.4. The van der Waals surface area contributed by atoms with E-state index >= 15 is 0 Å². The van der Waals surface area contributed by atoms with Gasteiger partial charge in [0.25, 0.3) is 5.56 Å². The Morgan fingerprint density at radius 3 is 2.56 bits per heavy atom. The summed E-state index contributed by atoms with van der Waals surface area (Å²) in [7, 11) is 0. The molecule has 16 heavy (non-hydrogen) atoms. The molecule has 0 spiro atoms. The molecule has 1 aromatic rings. The molecule has 0 aromatic carbocycles. The van der Waals surface area contributed by atoms with Gasteiger partial charge in [0.2, 0.25) is 0 Å². The number of nitrogens with two attached hydrogens (primary N) is 1. The van der Waals surface area contributed by atoms with Crippen molar-refractivity contribution in [3.05, 3.63) is 33.7 Å². The van der Waals surface area contributed by atoms with E-state index in [1.165, 1.54) is 0 Å². The van der Waals surface area contributed by atoms with Crippen LogP contribution in [0, 0.1) is 0 Å². The van der Waals surface area contributed by atoms with Crippen LogP contribution in [0.5, 0.6) is 0 Å². The summed E-state index contributed by atoms with van der Waals surface area (Å²) < 4.78 is 1.87. The van der Waals surface area contributed by atoms with Crippen LogP contribution in [0.15, 0.2) is 16.9 Å². The predicted octanol–water partition coefficient (Wildman–Crippen LogP) is 1.94. The Morgan fingerprint density at radius 1 is 1.50 bits per heavy atom. The lowest BCUT2D eigenvalue weighted by molar-refractivity contribution is 0.625. The number of aromatic nitrogens is 1. The standard InChI is InChI=1S/C12H16N2OS/c1-7(2)10-6-5-9(11(13)16)12(15)14(10)8-3-4-8/h5-8H,3-4H2,1-2H3,(H2,13,16). The molecule has 2 N–H and O–H groups in total. The Hall–Kier alpha value is -1.16.